The molecule has 3 N–H and O–H groups in total. The van der Waals surface area contributed by atoms with E-state index < -0.39 is 5.60 Å². The van der Waals surface area contributed by atoms with E-state index in [9.17, 15) is 15.0 Å². The summed E-state index contributed by atoms with van der Waals surface area (Å²) >= 11 is 8.69. The lowest BCUT2D eigenvalue weighted by Crippen LogP contribution is -2.51. The molecule has 0 aliphatic heterocycles. The Bertz CT molecular complexity index is 1230. The molecule has 1 aromatic carbocycles. The topological polar surface area (TPSA) is 94.8 Å². The third-order valence-corrected chi connectivity index (χ3v) is 11.8. The van der Waals surface area contributed by atoms with Crippen LogP contribution in [0.1, 0.15) is 73.8 Å². The van der Waals surface area contributed by atoms with Crippen molar-refractivity contribution in [1.82, 2.24) is 4.98 Å². The highest BCUT2D eigenvalue weighted by Crippen LogP contribution is 2.68. The second kappa shape index (κ2) is 10.4. The lowest BCUT2D eigenvalue weighted by atomic mass is 9.52. The number of phenols is 1. The zero-order valence-electron chi connectivity index (χ0n) is 21.6. The van der Waals surface area contributed by atoms with E-state index in [4.69, 9.17) is 0 Å². The number of hydrogen-bond acceptors (Lipinski definition) is 6. The van der Waals surface area contributed by atoms with Crippen LogP contribution in [-0.2, 0) is 11.2 Å². The molecular formula is C28H35Br2N3O3S. The molecule has 6 nitrogen and oxygen atoms in total. The number of phenolic OH excluding ortho intramolecular Hbond substituents is 1. The van der Waals surface area contributed by atoms with Crippen molar-refractivity contribution in [2.45, 2.75) is 76.7 Å². The van der Waals surface area contributed by atoms with Crippen LogP contribution in [0.3, 0.4) is 0 Å². The Balaban J connectivity index is 1.43. The van der Waals surface area contributed by atoms with E-state index in [2.05, 4.69) is 60.1 Å². The van der Waals surface area contributed by atoms with Gasteiger partial charge in [0.2, 0.25) is 5.91 Å². The lowest BCUT2D eigenvalue weighted by molar-refractivity contribution is -0.116. The maximum atomic E-state index is 12.8. The molecule has 2 aromatic rings. The van der Waals surface area contributed by atoms with Crippen LogP contribution >= 0.6 is 43.2 Å². The maximum absolute atomic E-state index is 12.8. The van der Waals surface area contributed by atoms with Crippen molar-refractivity contribution in [2.24, 2.45) is 28.2 Å². The minimum atomic E-state index is -0.827. The van der Waals surface area contributed by atoms with E-state index in [0.29, 0.717) is 42.1 Å². The predicted octanol–water partition coefficient (Wildman–Crippen LogP) is 7.01. The molecule has 200 valence electrons. The van der Waals surface area contributed by atoms with Gasteiger partial charge >= 0.3 is 0 Å². The zero-order chi connectivity index (χ0) is 26.5. The van der Waals surface area contributed by atoms with Crippen LogP contribution in [0.2, 0.25) is 0 Å². The number of aromatic hydroxyl groups is 1. The van der Waals surface area contributed by atoms with Gasteiger partial charge in [-0.25, -0.2) is 4.98 Å². The van der Waals surface area contributed by atoms with Crippen LogP contribution in [0.4, 0.5) is 5.13 Å². The molecule has 9 heteroatoms. The molecule has 3 aliphatic rings. The Morgan fingerprint density at radius 2 is 2.16 bits per heavy atom. The number of anilines is 1. The Labute approximate surface area is 239 Å². The molecule has 37 heavy (non-hydrogen) atoms. The van der Waals surface area contributed by atoms with Gasteiger partial charge in [0.25, 0.3) is 0 Å². The first-order valence-corrected chi connectivity index (χ1v) is 15.5. The lowest BCUT2D eigenvalue weighted by Gasteiger charge is -2.54. The quantitative estimate of drug-likeness (QED) is 0.293. The van der Waals surface area contributed by atoms with Crippen LogP contribution in [0.15, 0.2) is 26.2 Å². The van der Waals surface area contributed by atoms with Gasteiger partial charge in [0, 0.05) is 42.6 Å². The predicted molar refractivity (Wildman–Crippen MR) is 156 cm³/mol. The van der Waals surface area contributed by atoms with Gasteiger partial charge in [-0.3, -0.25) is 4.79 Å². The highest BCUT2D eigenvalue weighted by atomic mass is 79.9. The second-order valence-electron chi connectivity index (χ2n) is 11.4. The number of aliphatic hydroxyl groups is 1. The standard InChI is InChI=1S/C28H35Br2N3O3S/c1-15-14-32-26(37-15)33-22(34)7-4-16-13-28(36,10-11-31-3)27(2)9-8-17-18(23(16)27)5-6-19-20(17)12-21(29)25(35)24(19)30/h11-12,14,16-18,23,35-36H,4-10,13H2,1-3H3,(H,32,33,34). The number of nitrogens with zero attached hydrogens (tertiary/aromatic N) is 2. The van der Waals surface area contributed by atoms with Crippen LogP contribution in [0.5, 0.6) is 5.75 Å². The summed E-state index contributed by atoms with van der Waals surface area (Å²) in [7, 11) is 1.76. The van der Waals surface area contributed by atoms with E-state index in [1.165, 1.54) is 22.5 Å². The summed E-state index contributed by atoms with van der Waals surface area (Å²) in [6.07, 6.45) is 9.93. The number of carbonyl (C=O) groups excluding carboxylic acids is 1. The Kier molecular flexibility index (Phi) is 7.64. The Morgan fingerprint density at radius 3 is 2.86 bits per heavy atom. The summed E-state index contributed by atoms with van der Waals surface area (Å²) in [4.78, 5) is 22.4. The van der Waals surface area contributed by atoms with Crippen molar-refractivity contribution in [3.05, 3.63) is 37.2 Å². The van der Waals surface area contributed by atoms with Crippen LogP contribution in [-0.4, -0.2) is 40.0 Å². The largest absolute Gasteiger partial charge is 0.506 e. The van der Waals surface area contributed by atoms with Crippen LogP contribution < -0.4 is 5.32 Å². The van der Waals surface area contributed by atoms with Gasteiger partial charge in [-0.1, -0.05) is 6.92 Å². The molecule has 5 rings (SSSR count). The third kappa shape index (κ3) is 4.72. The fourth-order valence-corrected chi connectivity index (χ4v) is 9.88. The average molecular weight is 653 g/mol. The van der Waals surface area contributed by atoms with Gasteiger partial charge in [0.15, 0.2) is 5.13 Å². The number of thiazole rings is 1. The SMILES string of the molecule is CN=CCC1(O)CC(CCC(=O)Nc2ncc(C)s2)C2C3CCc4c(cc(Br)c(O)c4Br)C3CCC21C. The molecule has 3 aliphatic carbocycles. The second-order valence-corrected chi connectivity index (χ2v) is 14.3. The smallest absolute Gasteiger partial charge is 0.226 e. The van der Waals surface area contributed by atoms with Gasteiger partial charge in [-0.15, -0.1) is 11.3 Å². The highest BCUT2D eigenvalue weighted by Gasteiger charge is 2.64. The van der Waals surface area contributed by atoms with Gasteiger partial charge in [0.05, 0.1) is 14.5 Å². The number of hydrogen-bond donors (Lipinski definition) is 3. The summed E-state index contributed by atoms with van der Waals surface area (Å²) in [5, 5.41) is 26.2. The molecular weight excluding hydrogens is 618 g/mol. The molecule has 2 fully saturated rings. The maximum Gasteiger partial charge on any atom is 0.226 e. The first-order valence-electron chi connectivity index (χ1n) is 13.1. The Morgan fingerprint density at radius 1 is 1.38 bits per heavy atom. The number of fused-ring (bicyclic) bond motifs is 5. The number of rotatable bonds is 6. The van der Waals surface area contributed by atoms with Crippen molar-refractivity contribution >= 4 is 60.5 Å². The highest BCUT2D eigenvalue weighted by molar-refractivity contribution is 9.11. The van der Waals surface area contributed by atoms with Crippen LogP contribution in [0.25, 0.3) is 0 Å². The molecule has 0 spiro atoms. The molecule has 0 bridgehead atoms. The third-order valence-electron chi connectivity index (χ3n) is 9.54. The summed E-state index contributed by atoms with van der Waals surface area (Å²) in [6.45, 7) is 4.27. The van der Waals surface area contributed by atoms with Gasteiger partial charge < -0.3 is 20.5 Å². The van der Waals surface area contributed by atoms with E-state index in [1.807, 2.05) is 13.1 Å². The van der Waals surface area contributed by atoms with Crippen molar-refractivity contribution in [1.29, 1.82) is 0 Å². The van der Waals surface area contributed by atoms with Gasteiger partial charge in [-0.05, 0) is 118 Å². The number of aryl methyl sites for hydroxylation is 1. The summed E-state index contributed by atoms with van der Waals surface area (Å²) in [5.74, 6) is 1.64. The Hall–Kier alpha value is -1.29. The monoisotopic (exact) mass is 651 g/mol. The number of aromatic nitrogens is 1. The van der Waals surface area contributed by atoms with E-state index in [1.54, 1.807) is 13.2 Å². The van der Waals surface area contributed by atoms with Gasteiger partial charge in [0.1, 0.15) is 5.75 Å². The molecule has 2 saturated carbocycles. The molecule has 1 aromatic heterocycles. The first kappa shape index (κ1) is 27.3. The van der Waals surface area contributed by atoms with Crippen molar-refractivity contribution < 1.29 is 15.0 Å². The van der Waals surface area contributed by atoms with Gasteiger partial charge in [-0.2, -0.15) is 0 Å². The molecule has 1 heterocycles. The number of nitrogens with one attached hydrogen (secondary N) is 1. The summed E-state index contributed by atoms with van der Waals surface area (Å²) < 4.78 is 1.52. The number of halogens is 2. The number of aliphatic imine (C=N–C) groups is 1. The van der Waals surface area contributed by atoms with E-state index in [0.717, 1.165) is 45.9 Å². The first-order chi connectivity index (χ1) is 17.6. The molecule has 0 saturated heterocycles. The fraction of sp³-hybridized carbons (Fsp3) is 0.607. The molecule has 0 radical (unpaired) electrons. The minimum absolute atomic E-state index is 0.00806. The summed E-state index contributed by atoms with van der Waals surface area (Å²) in [6, 6.07) is 2.11. The molecule has 1 amide bonds. The van der Waals surface area contributed by atoms with Crippen molar-refractivity contribution in [2.75, 3.05) is 12.4 Å². The number of carbonyl (C=O) groups is 1. The van der Waals surface area contributed by atoms with Crippen molar-refractivity contribution in [3.63, 3.8) is 0 Å². The van der Waals surface area contributed by atoms with Crippen molar-refractivity contribution in [3.8, 4) is 5.75 Å². The van der Waals surface area contributed by atoms with Crippen LogP contribution in [0, 0.1) is 30.1 Å². The zero-order valence-corrected chi connectivity index (χ0v) is 25.5. The minimum Gasteiger partial charge on any atom is -0.506 e. The molecule has 6 atom stereocenters. The number of amides is 1. The summed E-state index contributed by atoms with van der Waals surface area (Å²) in [5.41, 5.74) is 1.47. The van der Waals surface area contributed by atoms with E-state index >= 15 is 0 Å². The fourth-order valence-electron chi connectivity index (χ4n) is 7.85. The normalized spacial score (nSPS) is 32.7. The van der Waals surface area contributed by atoms with E-state index in [-0.39, 0.29) is 23.0 Å². The molecule has 6 unspecified atom stereocenters. The number of benzene rings is 1. The average Bonchev–Trinajstić information content (AvgIpc) is 3.37.